The number of hydrogen-bond acceptors (Lipinski definition) is 1. The molecule has 0 radical (unpaired) electrons. The lowest BCUT2D eigenvalue weighted by molar-refractivity contribution is -0.703. The second-order valence-corrected chi connectivity index (χ2v) is 4.26. The van der Waals surface area contributed by atoms with E-state index in [1.54, 1.807) is 0 Å². The van der Waals surface area contributed by atoms with Gasteiger partial charge in [-0.05, 0) is 25.5 Å². The molecule has 3 heteroatoms. The summed E-state index contributed by atoms with van der Waals surface area (Å²) in [6.07, 6.45) is 8.24. The number of imidazole rings is 1. The minimum Gasteiger partial charge on any atom is -0.272 e. The molecule has 0 atom stereocenters. The molecule has 3 rings (SSSR count). The normalized spacial score (nSPS) is 13.1. The van der Waals surface area contributed by atoms with Crippen molar-refractivity contribution in [2.75, 3.05) is 0 Å². The van der Waals surface area contributed by atoms with Crippen molar-refractivity contribution < 1.29 is 4.57 Å². The summed E-state index contributed by atoms with van der Waals surface area (Å²) in [5.41, 5.74) is 3.71. The first-order valence-corrected chi connectivity index (χ1v) is 5.44. The average molecular weight is 212 g/mol. The van der Waals surface area contributed by atoms with Gasteiger partial charge in [-0.15, -0.1) is 0 Å². The third-order valence-electron chi connectivity index (χ3n) is 3.01. The summed E-state index contributed by atoms with van der Waals surface area (Å²) in [6.45, 7) is 5.04. The van der Waals surface area contributed by atoms with Gasteiger partial charge in [-0.2, -0.15) is 4.57 Å². The molecule has 0 unspecified atom stereocenters. The van der Waals surface area contributed by atoms with Crippen LogP contribution in [0.1, 0.15) is 22.8 Å². The molecule has 0 saturated carbocycles. The SMILES string of the molecule is Cc1cc[n+]2c(c1)C=Cc1ncc(C)n1C2. The van der Waals surface area contributed by atoms with Crippen LogP contribution < -0.4 is 4.57 Å². The summed E-state index contributed by atoms with van der Waals surface area (Å²) in [5, 5.41) is 0. The predicted molar refractivity (Wildman–Crippen MR) is 62.7 cm³/mol. The predicted octanol–water partition coefficient (Wildman–Crippen LogP) is 1.78. The van der Waals surface area contributed by atoms with Gasteiger partial charge in [0.05, 0.1) is 0 Å². The Morgan fingerprint density at radius 3 is 3.06 bits per heavy atom. The molecule has 2 aromatic rings. The van der Waals surface area contributed by atoms with Gasteiger partial charge in [-0.1, -0.05) is 0 Å². The number of aryl methyl sites for hydroxylation is 2. The van der Waals surface area contributed by atoms with Gasteiger partial charge in [0, 0.05) is 30.1 Å². The van der Waals surface area contributed by atoms with Gasteiger partial charge in [-0.25, -0.2) is 4.98 Å². The van der Waals surface area contributed by atoms with Gasteiger partial charge in [0.25, 0.3) is 0 Å². The van der Waals surface area contributed by atoms with Crippen LogP contribution in [0.2, 0.25) is 0 Å². The third kappa shape index (κ3) is 1.36. The largest absolute Gasteiger partial charge is 0.272 e. The van der Waals surface area contributed by atoms with E-state index in [9.17, 15) is 0 Å². The zero-order valence-corrected chi connectivity index (χ0v) is 9.51. The molecule has 16 heavy (non-hydrogen) atoms. The van der Waals surface area contributed by atoms with Gasteiger partial charge in [0.15, 0.2) is 6.20 Å². The number of pyridine rings is 1. The minimum absolute atomic E-state index is 0.837. The number of fused-ring (bicyclic) bond motifs is 2. The number of hydrogen-bond donors (Lipinski definition) is 0. The summed E-state index contributed by atoms with van der Waals surface area (Å²) in [7, 11) is 0. The minimum atomic E-state index is 0.837. The van der Waals surface area contributed by atoms with Crippen LogP contribution in [0.3, 0.4) is 0 Å². The number of nitrogens with zero attached hydrogens (tertiary/aromatic N) is 3. The highest BCUT2D eigenvalue weighted by molar-refractivity contribution is 5.64. The molecule has 0 fully saturated rings. The first-order valence-electron chi connectivity index (χ1n) is 5.44. The van der Waals surface area contributed by atoms with Gasteiger partial charge < -0.3 is 0 Å². The molecule has 0 saturated heterocycles. The Kier molecular flexibility index (Phi) is 1.93. The summed E-state index contributed by atoms with van der Waals surface area (Å²) >= 11 is 0. The molecule has 0 amide bonds. The van der Waals surface area contributed by atoms with Gasteiger partial charge in [-0.3, -0.25) is 4.57 Å². The first kappa shape index (κ1) is 9.33. The van der Waals surface area contributed by atoms with Crippen LogP contribution in [0.5, 0.6) is 0 Å². The molecule has 2 aromatic heterocycles. The van der Waals surface area contributed by atoms with E-state index in [-0.39, 0.29) is 0 Å². The molecule has 0 spiro atoms. The number of aromatic nitrogens is 3. The quantitative estimate of drug-likeness (QED) is 0.520. The third-order valence-corrected chi connectivity index (χ3v) is 3.01. The summed E-state index contributed by atoms with van der Waals surface area (Å²) < 4.78 is 4.44. The van der Waals surface area contributed by atoms with Crippen molar-refractivity contribution in [1.29, 1.82) is 0 Å². The Hall–Kier alpha value is -1.90. The Morgan fingerprint density at radius 2 is 2.19 bits per heavy atom. The standard InChI is InChI=1S/C13H14N3/c1-10-5-6-15-9-16-11(2)8-14-13(16)4-3-12(15)7-10/h3-8H,9H2,1-2H3/q+1. The van der Waals surface area contributed by atoms with Crippen molar-refractivity contribution >= 4 is 12.2 Å². The fraction of sp³-hybridized carbons (Fsp3) is 0.231. The zero-order valence-electron chi connectivity index (χ0n) is 9.51. The fourth-order valence-electron chi connectivity index (χ4n) is 2.04. The van der Waals surface area contributed by atoms with E-state index < -0.39 is 0 Å². The highest BCUT2D eigenvalue weighted by Crippen LogP contribution is 2.12. The van der Waals surface area contributed by atoms with Crippen LogP contribution in [0, 0.1) is 13.8 Å². The first-order chi connectivity index (χ1) is 7.74. The van der Waals surface area contributed by atoms with Crippen LogP contribution in [0.15, 0.2) is 24.5 Å². The van der Waals surface area contributed by atoms with E-state index in [1.165, 1.54) is 17.0 Å². The van der Waals surface area contributed by atoms with Crippen LogP contribution in [-0.2, 0) is 6.67 Å². The fourth-order valence-corrected chi connectivity index (χ4v) is 2.04. The molecule has 3 nitrogen and oxygen atoms in total. The molecule has 3 heterocycles. The smallest absolute Gasteiger partial charge is 0.229 e. The highest BCUT2D eigenvalue weighted by Gasteiger charge is 2.16. The second kappa shape index (κ2) is 3.30. The Balaban J connectivity index is 2.18. The molecule has 1 aliphatic rings. The van der Waals surface area contributed by atoms with Crippen LogP contribution in [-0.4, -0.2) is 9.55 Å². The molecule has 1 aliphatic heterocycles. The van der Waals surface area contributed by atoms with E-state index >= 15 is 0 Å². The maximum Gasteiger partial charge on any atom is 0.229 e. The van der Waals surface area contributed by atoms with Crippen molar-refractivity contribution in [2.45, 2.75) is 20.5 Å². The lowest BCUT2D eigenvalue weighted by atomic mass is 10.2. The zero-order chi connectivity index (χ0) is 11.1. The molecule has 0 bridgehead atoms. The molecular formula is C13H14N3+. The molecule has 80 valence electrons. The van der Waals surface area contributed by atoms with E-state index in [2.05, 4.69) is 58.4 Å². The van der Waals surface area contributed by atoms with Crippen LogP contribution >= 0.6 is 0 Å². The van der Waals surface area contributed by atoms with Crippen molar-refractivity contribution in [3.63, 3.8) is 0 Å². The highest BCUT2D eigenvalue weighted by atomic mass is 15.2. The molecular weight excluding hydrogens is 198 g/mol. The van der Waals surface area contributed by atoms with Crippen molar-refractivity contribution in [3.8, 4) is 0 Å². The van der Waals surface area contributed by atoms with Crippen LogP contribution in [0.4, 0.5) is 0 Å². The maximum absolute atomic E-state index is 4.38. The molecule has 0 N–H and O–H groups in total. The van der Waals surface area contributed by atoms with Crippen molar-refractivity contribution in [3.05, 3.63) is 47.3 Å². The molecule has 0 aromatic carbocycles. The lowest BCUT2D eigenvalue weighted by Gasteiger charge is -2.03. The van der Waals surface area contributed by atoms with E-state index in [1.807, 2.05) is 6.20 Å². The Morgan fingerprint density at radius 1 is 1.31 bits per heavy atom. The molecule has 0 aliphatic carbocycles. The summed E-state index contributed by atoms with van der Waals surface area (Å²) in [5.74, 6) is 1.03. The van der Waals surface area contributed by atoms with Gasteiger partial charge in [0.2, 0.25) is 12.4 Å². The topological polar surface area (TPSA) is 21.7 Å². The van der Waals surface area contributed by atoms with E-state index in [0.717, 1.165) is 12.5 Å². The van der Waals surface area contributed by atoms with Gasteiger partial charge >= 0.3 is 0 Å². The van der Waals surface area contributed by atoms with Crippen LogP contribution in [0.25, 0.3) is 12.2 Å². The van der Waals surface area contributed by atoms with Crippen molar-refractivity contribution in [2.24, 2.45) is 0 Å². The number of rotatable bonds is 0. The van der Waals surface area contributed by atoms with E-state index in [4.69, 9.17) is 0 Å². The second-order valence-electron chi connectivity index (χ2n) is 4.26. The van der Waals surface area contributed by atoms with Crippen molar-refractivity contribution in [1.82, 2.24) is 9.55 Å². The van der Waals surface area contributed by atoms with Gasteiger partial charge in [0.1, 0.15) is 5.82 Å². The monoisotopic (exact) mass is 212 g/mol. The maximum atomic E-state index is 4.38. The Labute approximate surface area is 94.7 Å². The summed E-state index contributed by atoms with van der Waals surface area (Å²) in [6, 6.07) is 4.33. The average Bonchev–Trinajstić information content (AvgIpc) is 2.51. The summed E-state index contributed by atoms with van der Waals surface area (Å²) in [4.78, 5) is 4.38. The Bertz CT molecular complexity index is 579. The lowest BCUT2D eigenvalue weighted by Crippen LogP contribution is -2.39. The van der Waals surface area contributed by atoms with E-state index in [0.29, 0.717) is 0 Å².